The van der Waals surface area contributed by atoms with Crippen LogP contribution in [0.25, 0.3) is 0 Å². The van der Waals surface area contributed by atoms with Crippen molar-refractivity contribution in [3.63, 3.8) is 0 Å². The molecule has 2 rings (SSSR count). The van der Waals surface area contributed by atoms with Crippen molar-refractivity contribution in [2.24, 2.45) is 5.73 Å². The number of carbonyl (C=O) groups is 1. The van der Waals surface area contributed by atoms with E-state index in [4.69, 9.17) is 10.5 Å². The van der Waals surface area contributed by atoms with E-state index in [1.807, 2.05) is 25.1 Å². The molecule has 1 aromatic rings. The molecule has 0 aliphatic carbocycles. The van der Waals surface area contributed by atoms with E-state index < -0.39 is 0 Å². The van der Waals surface area contributed by atoms with Crippen LogP contribution in [0.15, 0.2) is 22.7 Å². The van der Waals surface area contributed by atoms with Crippen LogP contribution in [0.1, 0.15) is 18.4 Å². The Kier molecular flexibility index (Phi) is 4.24. The van der Waals surface area contributed by atoms with E-state index in [9.17, 15) is 4.79 Å². The Morgan fingerprint density at radius 3 is 3.00 bits per heavy atom. The van der Waals surface area contributed by atoms with Crippen LogP contribution in [0.5, 0.6) is 0 Å². The summed E-state index contributed by atoms with van der Waals surface area (Å²) >= 11 is 3.49. The maximum absolute atomic E-state index is 11.9. The molecule has 1 aliphatic rings. The lowest BCUT2D eigenvalue weighted by molar-refractivity contribution is 0.128. The molecule has 1 saturated heterocycles. The van der Waals surface area contributed by atoms with Crippen molar-refractivity contribution in [2.45, 2.75) is 25.8 Å². The highest BCUT2D eigenvalue weighted by Gasteiger charge is 2.30. The highest BCUT2D eigenvalue weighted by molar-refractivity contribution is 9.10. The topological polar surface area (TPSA) is 55.6 Å². The quantitative estimate of drug-likeness (QED) is 0.933. The number of aryl methyl sites for hydroxylation is 1. The fourth-order valence-corrected chi connectivity index (χ4v) is 2.51. The van der Waals surface area contributed by atoms with Gasteiger partial charge in [0.1, 0.15) is 0 Å². The summed E-state index contributed by atoms with van der Waals surface area (Å²) in [7, 11) is 0. The average Bonchev–Trinajstić information content (AvgIpc) is 2.34. The molecule has 1 atom stereocenters. The molecular formula is C13H17BrN2O2. The zero-order valence-corrected chi connectivity index (χ0v) is 11.9. The van der Waals surface area contributed by atoms with Gasteiger partial charge in [0.25, 0.3) is 0 Å². The zero-order valence-electron chi connectivity index (χ0n) is 10.4. The molecule has 1 aromatic carbocycles. The first-order chi connectivity index (χ1) is 8.63. The summed E-state index contributed by atoms with van der Waals surface area (Å²) in [6.45, 7) is 3.06. The van der Waals surface area contributed by atoms with Gasteiger partial charge in [-0.05, 0) is 37.6 Å². The molecule has 0 aromatic heterocycles. The molecule has 1 heterocycles. The molecule has 4 nitrogen and oxygen atoms in total. The number of rotatable bonds is 3. The number of nitrogens with zero attached hydrogens (tertiary/aromatic N) is 1. The van der Waals surface area contributed by atoms with Crippen LogP contribution >= 0.6 is 15.9 Å². The summed E-state index contributed by atoms with van der Waals surface area (Å²) in [6, 6.07) is 6.01. The van der Waals surface area contributed by atoms with Crippen LogP contribution in [-0.2, 0) is 4.74 Å². The Hall–Kier alpha value is -1.07. The first kappa shape index (κ1) is 13.4. The minimum atomic E-state index is -0.282. The Labute approximate surface area is 115 Å². The molecule has 2 N–H and O–H groups in total. The molecule has 1 unspecified atom stereocenters. The molecule has 98 valence electrons. The predicted octanol–water partition coefficient (Wildman–Crippen LogP) is 2.82. The number of cyclic esters (lactones) is 1. The van der Waals surface area contributed by atoms with Crippen molar-refractivity contribution < 1.29 is 9.53 Å². The van der Waals surface area contributed by atoms with E-state index in [1.54, 1.807) is 4.90 Å². The number of amides is 1. The van der Waals surface area contributed by atoms with E-state index in [2.05, 4.69) is 15.9 Å². The first-order valence-corrected chi connectivity index (χ1v) is 6.85. The van der Waals surface area contributed by atoms with Crippen LogP contribution in [0.3, 0.4) is 0 Å². The van der Waals surface area contributed by atoms with Crippen LogP contribution in [0, 0.1) is 6.92 Å². The van der Waals surface area contributed by atoms with Gasteiger partial charge in [-0.2, -0.15) is 0 Å². The van der Waals surface area contributed by atoms with Crippen LogP contribution < -0.4 is 10.6 Å². The van der Waals surface area contributed by atoms with Crippen LogP contribution in [0.4, 0.5) is 10.5 Å². The highest BCUT2D eigenvalue weighted by Crippen LogP contribution is 2.28. The SMILES string of the molecule is Cc1ccc(N2C(=O)OCCC2CCN)cc1Br. The monoisotopic (exact) mass is 312 g/mol. The van der Waals surface area contributed by atoms with Crippen molar-refractivity contribution in [3.8, 4) is 0 Å². The van der Waals surface area contributed by atoms with E-state index >= 15 is 0 Å². The second-order valence-corrected chi connectivity index (χ2v) is 5.29. The van der Waals surface area contributed by atoms with Gasteiger partial charge in [0.15, 0.2) is 0 Å². The lowest BCUT2D eigenvalue weighted by Crippen LogP contribution is -2.46. The number of nitrogens with two attached hydrogens (primary N) is 1. The molecule has 0 bridgehead atoms. The zero-order chi connectivity index (χ0) is 13.1. The van der Waals surface area contributed by atoms with Gasteiger partial charge in [0.2, 0.25) is 0 Å². The van der Waals surface area contributed by atoms with E-state index in [-0.39, 0.29) is 12.1 Å². The minimum absolute atomic E-state index is 0.130. The van der Waals surface area contributed by atoms with Gasteiger partial charge < -0.3 is 10.5 Å². The summed E-state index contributed by atoms with van der Waals surface area (Å²) in [5.74, 6) is 0. The van der Waals surface area contributed by atoms with Gasteiger partial charge in [-0.1, -0.05) is 22.0 Å². The average molecular weight is 313 g/mol. The second-order valence-electron chi connectivity index (χ2n) is 4.44. The van der Waals surface area contributed by atoms with Gasteiger partial charge in [0, 0.05) is 22.6 Å². The molecule has 1 fully saturated rings. The van der Waals surface area contributed by atoms with Crippen molar-refractivity contribution in [1.29, 1.82) is 0 Å². The van der Waals surface area contributed by atoms with Gasteiger partial charge in [0.05, 0.1) is 6.61 Å². The lowest BCUT2D eigenvalue weighted by Gasteiger charge is -2.35. The van der Waals surface area contributed by atoms with Crippen molar-refractivity contribution >= 4 is 27.7 Å². The number of carbonyl (C=O) groups excluding carboxylic acids is 1. The molecule has 0 radical (unpaired) electrons. The lowest BCUT2D eigenvalue weighted by atomic mass is 10.1. The third-order valence-corrected chi connectivity index (χ3v) is 4.03. The van der Waals surface area contributed by atoms with Gasteiger partial charge in [-0.25, -0.2) is 4.79 Å². The molecular weight excluding hydrogens is 296 g/mol. The third kappa shape index (κ3) is 2.67. The summed E-state index contributed by atoms with van der Waals surface area (Å²) in [4.78, 5) is 13.6. The van der Waals surface area contributed by atoms with Crippen molar-refractivity contribution in [3.05, 3.63) is 28.2 Å². The number of anilines is 1. The number of ether oxygens (including phenoxy) is 1. The molecule has 1 aliphatic heterocycles. The largest absolute Gasteiger partial charge is 0.449 e. The van der Waals surface area contributed by atoms with Crippen molar-refractivity contribution in [1.82, 2.24) is 0 Å². The van der Waals surface area contributed by atoms with E-state index in [0.717, 1.165) is 28.6 Å². The second kappa shape index (κ2) is 5.71. The Bertz CT molecular complexity index is 449. The predicted molar refractivity (Wildman–Crippen MR) is 74.8 cm³/mol. The summed E-state index contributed by atoms with van der Waals surface area (Å²) in [6.07, 6.45) is 1.34. The smallest absolute Gasteiger partial charge is 0.414 e. The summed E-state index contributed by atoms with van der Waals surface area (Å²) in [5, 5.41) is 0. The fraction of sp³-hybridized carbons (Fsp3) is 0.462. The van der Waals surface area contributed by atoms with E-state index in [1.165, 1.54) is 0 Å². The van der Waals surface area contributed by atoms with Crippen molar-refractivity contribution in [2.75, 3.05) is 18.1 Å². The first-order valence-electron chi connectivity index (χ1n) is 6.05. The molecule has 18 heavy (non-hydrogen) atoms. The fourth-order valence-electron chi connectivity index (χ4n) is 2.14. The summed E-state index contributed by atoms with van der Waals surface area (Å²) in [5.41, 5.74) is 7.61. The number of halogens is 1. The normalized spacial score (nSPS) is 19.8. The van der Waals surface area contributed by atoms with E-state index in [0.29, 0.717) is 13.2 Å². The molecule has 0 spiro atoms. The Balaban J connectivity index is 2.31. The summed E-state index contributed by atoms with van der Waals surface area (Å²) < 4.78 is 6.11. The Morgan fingerprint density at radius 2 is 2.33 bits per heavy atom. The minimum Gasteiger partial charge on any atom is -0.449 e. The number of hydrogen-bond donors (Lipinski definition) is 1. The van der Waals surface area contributed by atoms with Gasteiger partial charge in [-0.3, -0.25) is 4.90 Å². The molecule has 5 heteroatoms. The Morgan fingerprint density at radius 1 is 1.56 bits per heavy atom. The molecule has 1 amide bonds. The molecule has 0 saturated carbocycles. The van der Waals surface area contributed by atoms with Gasteiger partial charge in [-0.15, -0.1) is 0 Å². The number of benzene rings is 1. The maximum atomic E-state index is 11.9. The maximum Gasteiger partial charge on any atom is 0.414 e. The standard InChI is InChI=1S/C13H17BrN2O2/c1-9-2-3-11(8-12(9)14)16-10(4-6-15)5-7-18-13(16)17/h2-3,8,10H,4-7,15H2,1H3. The van der Waals surface area contributed by atoms with Crippen LogP contribution in [0.2, 0.25) is 0 Å². The third-order valence-electron chi connectivity index (χ3n) is 3.17. The number of hydrogen-bond acceptors (Lipinski definition) is 3. The van der Waals surface area contributed by atoms with Gasteiger partial charge >= 0.3 is 6.09 Å². The highest BCUT2D eigenvalue weighted by atomic mass is 79.9. The van der Waals surface area contributed by atoms with Crippen LogP contribution in [-0.4, -0.2) is 25.3 Å².